The predicted octanol–water partition coefficient (Wildman–Crippen LogP) is 3.53. The summed E-state index contributed by atoms with van der Waals surface area (Å²) in [4.78, 5) is 10.1. The molecule has 0 aromatic heterocycles. The van der Waals surface area contributed by atoms with Crippen LogP contribution >= 0.6 is 0 Å². The Morgan fingerprint density at radius 3 is 2.48 bits per heavy atom. The van der Waals surface area contributed by atoms with Gasteiger partial charge in [0.25, 0.3) is 5.69 Å². The van der Waals surface area contributed by atoms with Gasteiger partial charge < -0.3 is 10.1 Å². The molecule has 5 nitrogen and oxygen atoms in total. The van der Waals surface area contributed by atoms with E-state index in [-0.39, 0.29) is 5.69 Å². The van der Waals surface area contributed by atoms with Crippen LogP contribution in [0.5, 0.6) is 5.75 Å². The summed E-state index contributed by atoms with van der Waals surface area (Å²) >= 11 is 0. The average Bonchev–Trinajstić information content (AvgIpc) is 2.45. The number of nitrogens with zero attached hydrogens (tertiary/aromatic N) is 1. The Balaban J connectivity index is 1.65. The van der Waals surface area contributed by atoms with E-state index in [4.69, 9.17) is 4.74 Å². The molecule has 0 saturated heterocycles. The average molecular weight is 292 g/mol. The molecule has 1 fully saturated rings. The summed E-state index contributed by atoms with van der Waals surface area (Å²) in [6.45, 7) is 6.06. The lowest BCUT2D eigenvalue weighted by Crippen LogP contribution is -2.37. The Bertz CT molecular complexity index is 461. The predicted molar refractivity (Wildman–Crippen MR) is 82.6 cm³/mol. The normalized spacial score (nSPS) is 18.4. The summed E-state index contributed by atoms with van der Waals surface area (Å²) in [6.07, 6.45) is 5.00. The van der Waals surface area contributed by atoms with Gasteiger partial charge in [0.1, 0.15) is 12.4 Å². The van der Waals surface area contributed by atoms with Crippen molar-refractivity contribution in [1.82, 2.24) is 5.32 Å². The van der Waals surface area contributed by atoms with Crippen LogP contribution in [-0.2, 0) is 0 Å². The number of nitro groups is 1. The summed E-state index contributed by atoms with van der Waals surface area (Å²) < 4.78 is 5.59. The summed E-state index contributed by atoms with van der Waals surface area (Å²) in [6, 6.07) is 6.80. The molecule has 1 N–H and O–H groups in total. The summed E-state index contributed by atoms with van der Waals surface area (Å²) in [5, 5.41) is 14.1. The van der Waals surface area contributed by atoms with Gasteiger partial charge in [-0.2, -0.15) is 0 Å². The van der Waals surface area contributed by atoms with Crippen molar-refractivity contribution < 1.29 is 9.66 Å². The molecule has 1 saturated carbocycles. The van der Waals surface area contributed by atoms with Crippen molar-refractivity contribution in [1.29, 1.82) is 0 Å². The molecule has 0 atom stereocenters. The number of ether oxygens (including phenoxy) is 1. The molecule has 0 amide bonds. The lowest BCUT2D eigenvalue weighted by molar-refractivity contribution is -0.384. The Morgan fingerprint density at radius 2 is 1.90 bits per heavy atom. The molecule has 0 spiro atoms. The Kier molecular flexibility index (Phi) is 5.17. The van der Waals surface area contributed by atoms with E-state index in [2.05, 4.69) is 19.2 Å². The van der Waals surface area contributed by atoms with E-state index in [1.807, 2.05) is 0 Å². The van der Waals surface area contributed by atoms with Crippen molar-refractivity contribution in [2.75, 3.05) is 13.2 Å². The van der Waals surface area contributed by atoms with Crippen molar-refractivity contribution in [3.05, 3.63) is 34.4 Å². The molecule has 0 aliphatic heterocycles. The van der Waals surface area contributed by atoms with Gasteiger partial charge in [0.2, 0.25) is 0 Å². The van der Waals surface area contributed by atoms with Gasteiger partial charge in [-0.1, -0.05) is 13.8 Å². The molecule has 2 rings (SSSR count). The van der Waals surface area contributed by atoms with Crippen LogP contribution in [0.3, 0.4) is 0 Å². The highest BCUT2D eigenvalue weighted by Gasteiger charge is 2.26. The maximum Gasteiger partial charge on any atom is 0.269 e. The topological polar surface area (TPSA) is 64.4 Å². The summed E-state index contributed by atoms with van der Waals surface area (Å²) in [5.41, 5.74) is 0.582. The van der Waals surface area contributed by atoms with Gasteiger partial charge in [-0.05, 0) is 43.2 Å². The van der Waals surface area contributed by atoms with E-state index in [1.165, 1.54) is 37.8 Å². The molecule has 0 heterocycles. The number of non-ortho nitro benzene ring substituents is 1. The maximum absolute atomic E-state index is 10.5. The molecule has 116 valence electrons. The zero-order chi connectivity index (χ0) is 15.3. The van der Waals surface area contributed by atoms with Crippen molar-refractivity contribution in [3.63, 3.8) is 0 Å². The van der Waals surface area contributed by atoms with Gasteiger partial charge >= 0.3 is 0 Å². The molecule has 1 aromatic rings. The lowest BCUT2D eigenvalue weighted by Gasteiger charge is -2.34. The second-order valence-corrected chi connectivity index (χ2v) is 6.49. The Morgan fingerprint density at radius 1 is 1.29 bits per heavy atom. The van der Waals surface area contributed by atoms with Gasteiger partial charge in [0.15, 0.2) is 0 Å². The SMILES string of the molecule is CC1(C)CCC(NCCOc2ccc([N+](=O)[O-])cc2)CC1. The molecular weight excluding hydrogens is 268 g/mol. The molecule has 5 heteroatoms. The zero-order valence-corrected chi connectivity index (χ0v) is 12.8. The number of hydrogen-bond donors (Lipinski definition) is 1. The van der Waals surface area contributed by atoms with Crippen LogP contribution in [0.2, 0.25) is 0 Å². The van der Waals surface area contributed by atoms with E-state index >= 15 is 0 Å². The first kappa shape index (κ1) is 15.8. The van der Waals surface area contributed by atoms with Crippen LogP contribution in [0, 0.1) is 15.5 Å². The summed E-state index contributed by atoms with van der Waals surface area (Å²) in [7, 11) is 0. The second-order valence-electron chi connectivity index (χ2n) is 6.49. The highest BCUT2D eigenvalue weighted by molar-refractivity contribution is 5.35. The molecule has 1 aliphatic rings. The first-order valence-electron chi connectivity index (χ1n) is 7.57. The highest BCUT2D eigenvalue weighted by Crippen LogP contribution is 2.34. The number of nitro benzene ring substituents is 1. The highest BCUT2D eigenvalue weighted by atomic mass is 16.6. The van der Waals surface area contributed by atoms with Crippen molar-refractivity contribution in [3.8, 4) is 5.75 Å². The van der Waals surface area contributed by atoms with E-state index in [1.54, 1.807) is 12.1 Å². The fourth-order valence-electron chi connectivity index (χ4n) is 2.70. The zero-order valence-electron chi connectivity index (χ0n) is 12.8. The molecule has 1 aromatic carbocycles. The third-order valence-electron chi connectivity index (χ3n) is 4.19. The quantitative estimate of drug-likeness (QED) is 0.495. The standard InChI is InChI=1S/C16H24N2O3/c1-16(2)9-7-13(8-10-16)17-11-12-21-15-5-3-14(4-6-15)18(19)20/h3-6,13,17H,7-12H2,1-2H3. The Labute approximate surface area is 125 Å². The van der Waals surface area contributed by atoms with E-state index in [0.717, 1.165) is 6.54 Å². The van der Waals surface area contributed by atoms with Gasteiger partial charge in [0, 0.05) is 24.7 Å². The van der Waals surface area contributed by atoms with Crippen molar-refractivity contribution in [2.24, 2.45) is 5.41 Å². The maximum atomic E-state index is 10.5. The smallest absolute Gasteiger partial charge is 0.269 e. The van der Waals surface area contributed by atoms with E-state index in [0.29, 0.717) is 23.8 Å². The molecule has 21 heavy (non-hydrogen) atoms. The number of rotatable bonds is 6. The van der Waals surface area contributed by atoms with E-state index in [9.17, 15) is 10.1 Å². The van der Waals surface area contributed by atoms with Gasteiger partial charge in [0.05, 0.1) is 4.92 Å². The van der Waals surface area contributed by atoms with Crippen LogP contribution in [0.15, 0.2) is 24.3 Å². The van der Waals surface area contributed by atoms with Gasteiger partial charge in [-0.15, -0.1) is 0 Å². The van der Waals surface area contributed by atoms with Gasteiger partial charge in [-0.3, -0.25) is 10.1 Å². The van der Waals surface area contributed by atoms with Crippen LogP contribution in [0.25, 0.3) is 0 Å². The van der Waals surface area contributed by atoms with Crippen LogP contribution in [0.4, 0.5) is 5.69 Å². The minimum Gasteiger partial charge on any atom is -0.492 e. The molecule has 0 bridgehead atoms. The molecule has 0 unspecified atom stereocenters. The van der Waals surface area contributed by atoms with Crippen molar-refractivity contribution >= 4 is 5.69 Å². The molecule has 0 radical (unpaired) electrons. The fraction of sp³-hybridized carbons (Fsp3) is 0.625. The van der Waals surface area contributed by atoms with Crippen LogP contribution in [0.1, 0.15) is 39.5 Å². The number of hydrogen-bond acceptors (Lipinski definition) is 4. The number of benzene rings is 1. The van der Waals surface area contributed by atoms with Gasteiger partial charge in [-0.25, -0.2) is 0 Å². The summed E-state index contributed by atoms with van der Waals surface area (Å²) in [5.74, 6) is 0.673. The van der Waals surface area contributed by atoms with Crippen LogP contribution < -0.4 is 10.1 Å². The first-order valence-corrected chi connectivity index (χ1v) is 7.57. The monoisotopic (exact) mass is 292 g/mol. The fourth-order valence-corrected chi connectivity index (χ4v) is 2.70. The lowest BCUT2D eigenvalue weighted by atomic mass is 9.75. The molecule has 1 aliphatic carbocycles. The largest absolute Gasteiger partial charge is 0.492 e. The van der Waals surface area contributed by atoms with Crippen LogP contribution in [-0.4, -0.2) is 24.1 Å². The third-order valence-corrected chi connectivity index (χ3v) is 4.19. The second kappa shape index (κ2) is 6.89. The number of nitrogens with one attached hydrogen (secondary N) is 1. The Hall–Kier alpha value is -1.62. The van der Waals surface area contributed by atoms with E-state index < -0.39 is 4.92 Å². The minimum absolute atomic E-state index is 0.0882. The van der Waals surface area contributed by atoms with Crippen molar-refractivity contribution in [2.45, 2.75) is 45.6 Å². The third kappa shape index (κ3) is 5.01. The minimum atomic E-state index is -0.407. The first-order chi connectivity index (χ1) is 9.96. The molecular formula is C16H24N2O3.